The number of carbonyl (C=O) groups excluding carboxylic acids is 1. The Hall–Kier alpha value is -2.06. The minimum Gasteiger partial charge on any atom is -0.481 e. The molecule has 0 saturated carbocycles. The first-order valence-electron chi connectivity index (χ1n) is 8.05. The SMILES string of the molecule is O=C(O)CC1Oc2ccc(Cl)cc2N(Cc2nc3c(Cl)cc(Cl)cc3s2)C1=O. The fraction of sp³-hybridized carbons (Fsp3) is 0.167. The number of rotatable bonds is 4. The molecular weight excluding hydrogens is 447 g/mol. The molecule has 4 rings (SSSR count). The Balaban J connectivity index is 1.74. The number of hydrogen-bond acceptors (Lipinski definition) is 5. The summed E-state index contributed by atoms with van der Waals surface area (Å²) in [6, 6.07) is 8.19. The molecule has 3 aromatic rings. The number of carbonyl (C=O) groups is 2. The van der Waals surface area contributed by atoms with Gasteiger partial charge in [-0.05, 0) is 30.3 Å². The maximum atomic E-state index is 12.9. The first-order chi connectivity index (χ1) is 13.3. The fourth-order valence-corrected chi connectivity index (χ4v) is 4.80. The molecule has 1 amide bonds. The Bertz CT molecular complexity index is 1120. The van der Waals surface area contributed by atoms with E-state index in [2.05, 4.69) is 4.98 Å². The van der Waals surface area contributed by atoms with E-state index in [0.717, 1.165) is 4.70 Å². The van der Waals surface area contributed by atoms with Crippen molar-refractivity contribution in [1.29, 1.82) is 0 Å². The van der Waals surface area contributed by atoms with Gasteiger partial charge in [0, 0.05) is 10.0 Å². The maximum Gasteiger partial charge on any atom is 0.307 e. The van der Waals surface area contributed by atoms with Crippen LogP contribution in [-0.4, -0.2) is 28.1 Å². The Morgan fingerprint density at radius 1 is 1.21 bits per heavy atom. The summed E-state index contributed by atoms with van der Waals surface area (Å²) in [5.74, 6) is -1.21. The number of aromatic nitrogens is 1. The van der Waals surface area contributed by atoms with Crippen molar-refractivity contribution in [3.63, 3.8) is 0 Å². The largest absolute Gasteiger partial charge is 0.481 e. The van der Waals surface area contributed by atoms with E-state index < -0.39 is 24.4 Å². The van der Waals surface area contributed by atoms with Crippen molar-refractivity contribution < 1.29 is 19.4 Å². The van der Waals surface area contributed by atoms with E-state index in [-0.39, 0.29) is 6.54 Å². The zero-order valence-electron chi connectivity index (χ0n) is 14.0. The third-order valence-corrected chi connectivity index (χ3v) is 5.86. The Labute approximate surface area is 178 Å². The number of carboxylic acid groups (broad SMARTS) is 1. The minimum absolute atomic E-state index is 0.124. The van der Waals surface area contributed by atoms with Crippen LogP contribution in [-0.2, 0) is 16.1 Å². The van der Waals surface area contributed by atoms with Gasteiger partial charge >= 0.3 is 5.97 Å². The van der Waals surface area contributed by atoms with Crippen LogP contribution in [0.4, 0.5) is 5.69 Å². The predicted molar refractivity (Wildman–Crippen MR) is 109 cm³/mol. The predicted octanol–water partition coefficient (Wildman–Crippen LogP) is 5.03. The fourth-order valence-electron chi connectivity index (χ4n) is 2.95. The van der Waals surface area contributed by atoms with Crippen LogP contribution in [0.15, 0.2) is 30.3 Å². The average molecular weight is 458 g/mol. The van der Waals surface area contributed by atoms with Gasteiger partial charge in [0.05, 0.1) is 28.4 Å². The van der Waals surface area contributed by atoms with Crippen molar-refractivity contribution in [3.8, 4) is 5.75 Å². The number of nitrogens with zero attached hydrogens (tertiary/aromatic N) is 2. The molecule has 2 heterocycles. The Kier molecular flexibility index (Phi) is 5.09. The van der Waals surface area contributed by atoms with Crippen LogP contribution in [0.3, 0.4) is 0 Å². The molecule has 28 heavy (non-hydrogen) atoms. The normalized spacial score (nSPS) is 16.2. The summed E-state index contributed by atoms with van der Waals surface area (Å²) in [6.07, 6.45) is -1.57. The van der Waals surface area contributed by atoms with Crippen LogP contribution >= 0.6 is 46.1 Å². The third-order valence-electron chi connectivity index (χ3n) is 4.13. The number of amides is 1. The zero-order valence-corrected chi connectivity index (χ0v) is 17.1. The van der Waals surface area contributed by atoms with Crippen LogP contribution in [0.1, 0.15) is 11.4 Å². The molecule has 0 aliphatic carbocycles. The first-order valence-corrected chi connectivity index (χ1v) is 10.0. The highest BCUT2D eigenvalue weighted by Gasteiger charge is 2.36. The van der Waals surface area contributed by atoms with Gasteiger partial charge in [-0.25, -0.2) is 4.98 Å². The molecule has 1 atom stereocenters. The van der Waals surface area contributed by atoms with E-state index in [4.69, 9.17) is 44.6 Å². The van der Waals surface area contributed by atoms with Crippen molar-refractivity contribution in [3.05, 3.63) is 50.4 Å². The highest BCUT2D eigenvalue weighted by molar-refractivity contribution is 7.18. The molecule has 0 radical (unpaired) electrons. The van der Waals surface area contributed by atoms with E-state index in [1.165, 1.54) is 16.2 Å². The minimum atomic E-state index is -1.13. The number of aliphatic carboxylic acids is 1. The quantitative estimate of drug-likeness (QED) is 0.595. The molecular formula is C18H11Cl3N2O4S. The van der Waals surface area contributed by atoms with Gasteiger partial charge in [0.15, 0.2) is 6.10 Å². The molecule has 0 fully saturated rings. The van der Waals surface area contributed by atoms with E-state index in [1.54, 1.807) is 30.3 Å². The van der Waals surface area contributed by atoms with Gasteiger partial charge < -0.3 is 9.84 Å². The lowest BCUT2D eigenvalue weighted by atomic mass is 10.1. The summed E-state index contributed by atoms with van der Waals surface area (Å²) in [6.45, 7) is 0.124. The number of hydrogen-bond donors (Lipinski definition) is 1. The van der Waals surface area contributed by atoms with Crippen LogP contribution in [0, 0.1) is 0 Å². The second kappa shape index (κ2) is 7.40. The molecule has 0 bridgehead atoms. The molecule has 0 saturated heterocycles. The molecule has 0 spiro atoms. The summed E-state index contributed by atoms with van der Waals surface area (Å²) in [7, 11) is 0. The van der Waals surface area contributed by atoms with Gasteiger partial charge in [-0.1, -0.05) is 34.8 Å². The molecule has 1 aliphatic heterocycles. The van der Waals surface area contributed by atoms with Gasteiger partial charge in [0.25, 0.3) is 5.91 Å². The number of halogens is 3. The standard InChI is InChI=1S/C18H11Cl3N2O4S/c19-8-1-2-12-11(4-8)23(18(26)13(27-12)6-16(24)25)7-15-22-17-10(21)3-9(20)5-14(17)28-15/h1-5,13H,6-7H2,(H,24,25). The molecule has 1 unspecified atom stereocenters. The zero-order chi connectivity index (χ0) is 20.0. The van der Waals surface area contributed by atoms with Crippen LogP contribution in [0.5, 0.6) is 5.75 Å². The topological polar surface area (TPSA) is 79.7 Å². The van der Waals surface area contributed by atoms with Crippen molar-refractivity contribution in [2.45, 2.75) is 19.1 Å². The van der Waals surface area contributed by atoms with E-state index >= 15 is 0 Å². The monoisotopic (exact) mass is 456 g/mol. The van der Waals surface area contributed by atoms with E-state index in [0.29, 0.717) is 37.0 Å². The van der Waals surface area contributed by atoms with Gasteiger partial charge in [0.2, 0.25) is 0 Å². The second-order valence-corrected chi connectivity index (χ2v) is 8.48. The van der Waals surface area contributed by atoms with Crippen LogP contribution in [0.25, 0.3) is 10.2 Å². The van der Waals surface area contributed by atoms with Gasteiger partial charge in [0.1, 0.15) is 16.3 Å². The number of carboxylic acids is 1. The number of benzene rings is 2. The molecule has 10 heteroatoms. The molecule has 1 N–H and O–H groups in total. The molecule has 1 aliphatic rings. The lowest BCUT2D eigenvalue weighted by Gasteiger charge is -2.33. The van der Waals surface area contributed by atoms with Crippen molar-refractivity contribution in [1.82, 2.24) is 4.98 Å². The summed E-state index contributed by atoms with van der Waals surface area (Å²) in [4.78, 5) is 30.0. The molecule has 1 aromatic heterocycles. The number of fused-ring (bicyclic) bond motifs is 2. The van der Waals surface area contributed by atoms with Gasteiger partial charge in [-0.2, -0.15) is 0 Å². The third kappa shape index (κ3) is 3.63. The van der Waals surface area contributed by atoms with Crippen molar-refractivity contribution >= 4 is 73.9 Å². The number of anilines is 1. The number of ether oxygens (including phenoxy) is 1. The highest BCUT2D eigenvalue weighted by Crippen LogP contribution is 2.39. The van der Waals surface area contributed by atoms with E-state index in [9.17, 15) is 9.59 Å². The average Bonchev–Trinajstić information content (AvgIpc) is 3.01. The molecule has 2 aromatic carbocycles. The van der Waals surface area contributed by atoms with Gasteiger partial charge in [-0.3, -0.25) is 14.5 Å². The van der Waals surface area contributed by atoms with Crippen molar-refractivity contribution in [2.24, 2.45) is 0 Å². The first kappa shape index (κ1) is 19.3. The van der Waals surface area contributed by atoms with Gasteiger partial charge in [-0.15, -0.1) is 11.3 Å². The second-order valence-electron chi connectivity index (χ2n) is 6.08. The summed E-state index contributed by atoms with van der Waals surface area (Å²) in [5.41, 5.74) is 1.06. The number of thiazole rings is 1. The van der Waals surface area contributed by atoms with Crippen molar-refractivity contribution in [2.75, 3.05) is 4.90 Å². The summed E-state index contributed by atoms with van der Waals surface area (Å²) < 4.78 is 6.38. The molecule has 6 nitrogen and oxygen atoms in total. The van der Waals surface area contributed by atoms with Crippen LogP contribution < -0.4 is 9.64 Å². The highest BCUT2D eigenvalue weighted by atomic mass is 35.5. The summed E-state index contributed by atoms with van der Waals surface area (Å²) in [5, 5.41) is 11.1. The smallest absolute Gasteiger partial charge is 0.307 e. The maximum absolute atomic E-state index is 12.9. The van der Waals surface area contributed by atoms with Crippen LogP contribution in [0.2, 0.25) is 15.1 Å². The Morgan fingerprint density at radius 3 is 2.75 bits per heavy atom. The lowest BCUT2D eigenvalue weighted by Crippen LogP contribution is -2.46. The lowest BCUT2D eigenvalue weighted by molar-refractivity contribution is -0.142. The summed E-state index contributed by atoms with van der Waals surface area (Å²) >= 11 is 19.7. The Morgan fingerprint density at radius 2 is 2.00 bits per heavy atom. The molecule has 144 valence electrons. The van der Waals surface area contributed by atoms with E-state index in [1.807, 2.05) is 0 Å².